The largest absolute Gasteiger partial charge is 0.491 e. The monoisotopic (exact) mass is 382 g/mol. The first kappa shape index (κ1) is 20.4. The van der Waals surface area contributed by atoms with Gasteiger partial charge in [0.25, 0.3) is 0 Å². The van der Waals surface area contributed by atoms with Crippen molar-refractivity contribution in [1.82, 2.24) is 9.47 Å². The molecule has 5 nitrogen and oxygen atoms in total. The first-order valence-corrected chi connectivity index (χ1v) is 9.73. The van der Waals surface area contributed by atoms with Crippen molar-refractivity contribution in [1.29, 1.82) is 0 Å². The minimum Gasteiger partial charge on any atom is -0.491 e. The van der Waals surface area contributed by atoms with Gasteiger partial charge in [-0.3, -0.25) is 4.90 Å². The van der Waals surface area contributed by atoms with Crippen molar-refractivity contribution in [2.75, 3.05) is 26.8 Å². The summed E-state index contributed by atoms with van der Waals surface area (Å²) in [5.41, 5.74) is 4.82. The van der Waals surface area contributed by atoms with Gasteiger partial charge in [0.2, 0.25) is 0 Å². The average Bonchev–Trinajstić information content (AvgIpc) is 2.92. The molecule has 1 aromatic heterocycles. The number of nitrogens with zero attached hydrogens (tertiary/aromatic N) is 2. The second kappa shape index (κ2) is 9.24. The molecular formula is C23H30N2O3. The van der Waals surface area contributed by atoms with E-state index in [2.05, 4.69) is 41.5 Å². The van der Waals surface area contributed by atoms with Crippen molar-refractivity contribution in [2.45, 2.75) is 33.0 Å². The molecule has 0 spiro atoms. The second-order valence-electron chi connectivity index (χ2n) is 7.40. The zero-order valence-corrected chi connectivity index (χ0v) is 16.9. The van der Waals surface area contributed by atoms with Gasteiger partial charge >= 0.3 is 0 Å². The van der Waals surface area contributed by atoms with E-state index in [9.17, 15) is 5.11 Å². The van der Waals surface area contributed by atoms with Gasteiger partial charge in [-0.15, -0.1) is 0 Å². The van der Waals surface area contributed by atoms with Gasteiger partial charge in [0.1, 0.15) is 12.4 Å². The Labute approximate surface area is 166 Å². The average molecular weight is 383 g/mol. The molecule has 0 saturated carbocycles. The van der Waals surface area contributed by atoms with E-state index in [-0.39, 0.29) is 6.61 Å². The predicted octanol–water partition coefficient (Wildman–Crippen LogP) is 3.12. The maximum atomic E-state index is 10.7. The number of ether oxygens (including phenoxy) is 1. The fourth-order valence-electron chi connectivity index (χ4n) is 3.70. The smallest absolute Gasteiger partial charge is 0.119 e. The lowest BCUT2D eigenvalue weighted by Gasteiger charge is -2.22. The highest BCUT2D eigenvalue weighted by molar-refractivity contribution is 5.85. The lowest BCUT2D eigenvalue weighted by atomic mass is 10.2. The van der Waals surface area contributed by atoms with Crippen LogP contribution in [0, 0.1) is 13.8 Å². The van der Waals surface area contributed by atoms with Crippen LogP contribution in [0.5, 0.6) is 5.75 Å². The Morgan fingerprint density at radius 2 is 1.79 bits per heavy atom. The molecule has 28 heavy (non-hydrogen) atoms. The van der Waals surface area contributed by atoms with Crippen LogP contribution in [-0.4, -0.2) is 52.6 Å². The number of hydrogen-bond donors (Lipinski definition) is 2. The zero-order chi connectivity index (χ0) is 20.1. The second-order valence-corrected chi connectivity index (χ2v) is 7.40. The number of fused-ring (bicyclic) bond motifs is 1. The molecule has 0 aliphatic rings. The van der Waals surface area contributed by atoms with Crippen LogP contribution in [0.1, 0.15) is 16.8 Å². The molecular weight excluding hydrogens is 352 g/mol. The lowest BCUT2D eigenvalue weighted by Crippen LogP contribution is -2.32. The lowest BCUT2D eigenvalue weighted by molar-refractivity contribution is 0.108. The van der Waals surface area contributed by atoms with E-state index < -0.39 is 6.10 Å². The SMILES string of the molecule is Cc1c(C)n(C[C@H](O)CN(C)Cc2ccc(OCCO)cc2)c2ccccc12. The van der Waals surface area contributed by atoms with Crippen LogP contribution >= 0.6 is 0 Å². The van der Waals surface area contributed by atoms with Gasteiger partial charge in [0.05, 0.1) is 19.3 Å². The van der Waals surface area contributed by atoms with Crippen molar-refractivity contribution in [2.24, 2.45) is 0 Å². The summed E-state index contributed by atoms with van der Waals surface area (Å²) in [6, 6.07) is 16.2. The summed E-state index contributed by atoms with van der Waals surface area (Å²) in [6.45, 7) is 6.50. The van der Waals surface area contributed by atoms with E-state index in [1.807, 2.05) is 37.4 Å². The molecule has 150 valence electrons. The molecule has 0 aliphatic carbocycles. The summed E-state index contributed by atoms with van der Waals surface area (Å²) >= 11 is 0. The maximum absolute atomic E-state index is 10.7. The summed E-state index contributed by atoms with van der Waals surface area (Å²) in [4.78, 5) is 2.13. The number of aromatic nitrogens is 1. The molecule has 0 saturated heterocycles. The van der Waals surface area contributed by atoms with Crippen LogP contribution in [-0.2, 0) is 13.1 Å². The van der Waals surface area contributed by atoms with E-state index in [4.69, 9.17) is 9.84 Å². The maximum Gasteiger partial charge on any atom is 0.119 e. The molecule has 1 heterocycles. The molecule has 5 heteroatoms. The number of hydrogen-bond acceptors (Lipinski definition) is 4. The van der Waals surface area contributed by atoms with Crippen molar-refractivity contribution >= 4 is 10.9 Å². The van der Waals surface area contributed by atoms with Crippen LogP contribution in [0.3, 0.4) is 0 Å². The number of rotatable bonds is 9. The normalized spacial score (nSPS) is 12.6. The Balaban J connectivity index is 1.59. The van der Waals surface area contributed by atoms with Gasteiger partial charge in [-0.2, -0.15) is 0 Å². The molecule has 0 radical (unpaired) electrons. The standard InChI is InChI=1S/C23H30N2O3/c1-17-18(2)25(23-7-5-4-6-22(17)23)16-20(27)15-24(3)14-19-8-10-21(11-9-19)28-13-12-26/h4-11,20,26-27H,12-16H2,1-3H3/t20-/m1/s1. The van der Waals surface area contributed by atoms with E-state index in [1.54, 1.807) is 0 Å². The molecule has 0 amide bonds. The third-order valence-electron chi connectivity index (χ3n) is 5.20. The molecule has 2 aromatic carbocycles. The number of aliphatic hydroxyl groups excluding tert-OH is 2. The summed E-state index contributed by atoms with van der Waals surface area (Å²) < 4.78 is 7.61. The quantitative estimate of drug-likeness (QED) is 0.597. The van der Waals surface area contributed by atoms with Crippen LogP contribution in [0.25, 0.3) is 10.9 Å². The number of aryl methyl sites for hydroxylation is 1. The Kier molecular flexibility index (Phi) is 6.73. The molecule has 1 atom stereocenters. The molecule has 3 rings (SSSR count). The van der Waals surface area contributed by atoms with E-state index in [0.717, 1.165) is 17.9 Å². The summed E-state index contributed by atoms with van der Waals surface area (Å²) in [6.07, 6.45) is -0.453. The van der Waals surface area contributed by atoms with E-state index in [1.165, 1.54) is 22.2 Å². The fraction of sp³-hybridized carbons (Fsp3) is 0.391. The Morgan fingerprint density at radius 3 is 2.50 bits per heavy atom. The highest BCUT2D eigenvalue weighted by atomic mass is 16.5. The summed E-state index contributed by atoms with van der Waals surface area (Å²) in [7, 11) is 2.02. The number of para-hydroxylation sites is 1. The Hall–Kier alpha value is -2.34. The number of aliphatic hydroxyl groups is 2. The van der Waals surface area contributed by atoms with Crippen LogP contribution in [0.15, 0.2) is 48.5 Å². The highest BCUT2D eigenvalue weighted by Gasteiger charge is 2.15. The van der Waals surface area contributed by atoms with E-state index in [0.29, 0.717) is 19.7 Å². The predicted molar refractivity (Wildman–Crippen MR) is 113 cm³/mol. The van der Waals surface area contributed by atoms with Gasteiger partial charge in [-0.25, -0.2) is 0 Å². The van der Waals surface area contributed by atoms with E-state index >= 15 is 0 Å². The first-order chi connectivity index (χ1) is 13.5. The van der Waals surface area contributed by atoms with Crippen molar-refractivity contribution in [3.8, 4) is 5.75 Å². The van der Waals surface area contributed by atoms with Gasteiger partial charge in [0.15, 0.2) is 0 Å². The topological polar surface area (TPSA) is 57.9 Å². The first-order valence-electron chi connectivity index (χ1n) is 9.73. The molecule has 2 N–H and O–H groups in total. The summed E-state index contributed by atoms with van der Waals surface area (Å²) in [5.74, 6) is 0.755. The van der Waals surface area contributed by atoms with Crippen molar-refractivity contribution in [3.05, 3.63) is 65.4 Å². The van der Waals surface area contributed by atoms with Crippen molar-refractivity contribution < 1.29 is 14.9 Å². The minimum atomic E-state index is -0.453. The summed E-state index contributed by atoms with van der Waals surface area (Å²) in [5, 5.41) is 20.7. The third kappa shape index (κ3) is 4.73. The van der Waals surface area contributed by atoms with Crippen LogP contribution < -0.4 is 4.74 Å². The minimum absolute atomic E-state index is 0.0120. The van der Waals surface area contributed by atoms with Crippen molar-refractivity contribution in [3.63, 3.8) is 0 Å². The van der Waals surface area contributed by atoms with Gasteiger partial charge in [-0.1, -0.05) is 30.3 Å². The van der Waals surface area contributed by atoms with Crippen LogP contribution in [0.2, 0.25) is 0 Å². The fourth-order valence-corrected chi connectivity index (χ4v) is 3.70. The Morgan fingerprint density at radius 1 is 1.07 bits per heavy atom. The third-order valence-corrected chi connectivity index (χ3v) is 5.20. The molecule has 0 aliphatic heterocycles. The zero-order valence-electron chi connectivity index (χ0n) is 16.9. The number of benzene rings is 2. The highest BCUT2D eigenvalue weighted by Crippen LogP contribution is 2.25. The van der Waals surface area contributed by atoms with Gasteiger partial charge < -0.3 is 19.5 Å². The van der Waals surface area contributed by atoms with Gasteiger partial charge in [0, 0.05) is 29.7 Å². The molecule has 0 bridgehead atoms. The molecule has 3 aromatic rings. The van der Waals surface area contributed by atoms with Gasteiger partial charge in [-0.05, 0) is 50.2 Å². The van der Waals surface area contributed by atoms with Crippen LogP contribution in [0.4, 0.5) is 0 Å². The molecule has 0 fully saturated rings. The Bertz CT molecular complexity index is 902. The molecule has 0 unspecified atom stereocenters. The number of likely N-dealkylation sites (N-methyl/N-ethyl adjacent to an activating group) is 1.